The number of amides is 2. The first kappa shape index (κ1) is 35.7. The van der Waals surface area contributed by atoms with E-state index in [2.05, 4.69) is 5.16 Å². The summed E-state index contributed by atoms with van der Waals surface area (Å²) >= 11 is 0. The number of hydrogen-bond donors (Lipinski definition) is 2. The maximum absolute atomic E-state index is 13.9. The van der Waals surface area contributed by atoms with Crippen LogP contribution in [-0.4, -0.2) is 112 Å². The number of aliphatic hydroxyl groups excluding tert-OH is 2. The molecule has 16 nitrogen and oxygen atoms in total. The van der Waals surface area contributed by atoms with Gasteiger partial charge in [-0.15, -0.1) is 0 Å². The standard InChI is InChI=1S/C32H44N2O14/c1-14(35)43-13-23-27(44-15(2)36)28(45-16(3)37)29(46-17(4)38)32(47-23)48-33-21-12-22(39)26(40)24-19(21)10-11-20-25(24)31(42)34(30(20)41)18-8-6-5-7-9-18/h18-20,22-29,32,39-40H,5-13H2,1-4H3/b33-21-/t19-,20-,22+,23-,24-,25+,26+,27+,28+,29+,32-/m0/s1. The molecule has 11 atom stereocenters. The SMILES string of the molecule is CC(=O)OC[C@@H]1O[C@@H](O/N=C2/C[C@@H](O)[C@@H](O)[C@@H]3[C@@H]4C(=O)N(C5CCCCC5)C(=O)[C@H]4CC[C@@H]23)[C@H](OC(C)=O)[C@H](OC(C)=O)[C@@H]1OC(C)=O. The minimum Gasteiger partial charge on any atom is -0.463 e. The molecule has 3 aliphatic carbocycles. The van der Waals surface area contributed by atoms with Gasteiger partial charge in [-0.1, -0.05) is 24.4 Å². The first-order valence-corrected chi connectivity index (χ1v) is 16.5. The van der Waals surface area contributed by atoms with Gasteiger partial charge < -0.3 is 38.7 Å². The van der Waals surface area contributed by atoms with Crippen molar-refractivity contribution in [3.63, 3.8) is 0 Å². The van der Waals surface area contributed by atoms with Crippen LogP contribution in [-0.2, 0) is 57.3 Å². The second kappa shape index (κ2) is 14.9. The van der Waals surface area contributed by atoms with Crippen LogP contribution in [0.25, 0.3) is 0 Å². The lowest BCUT2D eigenvalue weighted by Crippen LogP contribution is -2.62. The molecule has 266 valence electrons. The number of oxime groups is 1. The lowest BCUT2D eigenvalue weighted by Gasteiger charge is -2.46. The average molecular weight is 681 g/mol. The number of nitrogens with zero attached hydrogens (tertiary/aromatic N) is 2. The van der Waals surface area contributed by atoms with Crippen molar-refractivity contribution in [3.8, 4) is 0 Å². The quantitative estimate of drug-likeness (QED) is 0.155. The van der Waals surface area contributed by atoms with Gasteiger partial charge in [0.25, 0.3) is 6.29 Å². The smallest absolute Gasteiger partial charge is 0.303 e. The summed E-state index contributed by atoms with van der Waals surface area (Å²) in [4.78, 5) is 82.6. The molecule has 0 spiro atoms. The second-order valence-electron chi connectivity index (χ2n) is 13.2. The van der Waals surface area contributed by atoms with E-state index in [4.69, 9.17) is 28.5 Å². The van der Waals surface area contributed by atoms with Crippen molar-refractivity contribution in [2.75, 3.05) is 6.61 Å². The average Bonchev–Trinajstić information content (AvgIpc) is 3.28. The molecule has 2 N–H and O–H groups in total. The van der Waals surface area contributed by atoms with Gasteiger partial charge in [0, 0.05) is 52.0 Å². The Morgan fingerprint density at radius 1 is 0.792 bits per heavy atom. The summed E-state index contributed by atoms with van der Waals surface area (Å²) in [6, 6.07) is -0.174. The zero-order valence-corrected chi connectivity index (χ0v) is 27.5. The van der Waals surface area contributed by atoms with Crippen molar-refractivity contribution in [2.24, 2.45) is 28.8 Å². The van der Waals surface area contributed by atoms with Gasteiger partial charge in [0.2, 0.25) is 17.9 Å². The van der Waals surface area contributed by atoms with Crippen LogP contribution in [0, 0.1) is 23.7 Å². The summed E-state index contributed by atoms with van der Waals surface area (Å²) < 4.78 is 27.3. The second-order valence-corrected chi connectivity index (χ2v) is 13.2. The third-order valence-corrected chi connectivity index (χ3v) is 9.98. The molecular weight excluding hydrogens is 636 g/mol. The van der Waals surface area contributed by atoms with E-state index in [1.165, 1.54) is 4.90 Å². The van der Waals surface area contributed by atoms with E-state index in [0.717, 1.165) is 59.8 Å². The Bertz CT molecular complexity index is 1310. The number of carbonyl (C=O) groups excluding carboxylic acids is 6. The van der Waals surface area contributed by atoms with Crippen molar-refractivity contribution in [2.45, 2.75) is 128 Å². The van der Waals surface area contributed by atoms with E-state index in [-0.39, 0.29) is 24.3 Å². The van der Waals surface area contributed by atoms with E-state index < -0.39 is 97.1 Å². The monoisotopic (exact) mass is 680 g/mol. The molecular formula is C32H44N2O14. The highest BCUT2D eigenvalue weighted by molar-refractivity contribution is 6.06. The van der Waals surface area contributed by atoms with Gasteiger partial charge in [0.05, 0.1) is 29.8 Å². The number of imide groups is 1. The highest BCUT2D eigenvalue weighted by atomic mass is 16.8. The molecule has 2 amide bonds. The Morgan fingerprint density at radius 3 is 2.02 bits per heavy atom. The summed E-state index contributed by atoms with van der Waals surface area (Å²) in [7, 11) is 0. The van der Waals surface area contributed by atoms with Crippen LogP contribution in [0.3, 0.4) is 0 Å². The van der Waals surface area contributed by atoms with E-state index in [0.29, 0.717) is 18.6 Å². The maximum Gasteiger partial charge on any atom is 0.303 e. The van der Waals surface area contributed by atoms with Crippen LogP contribution >= 0.6 is 0 Å². The predicted octanol–water partition coefficient (Wildman–Crippen LogP) is 0.528. The Labute approximate surface area is 277 Å². The first-order chi connectivity index (χ1) is 22.8. The van der Waals surface area contributed by atoms with Gasteiger partial charge in [-0.2, -0.15) is 0 Å². The molecule has 0 bridgehead atoms. The molecule has 0 radical (unpaired) electrons. The highest BCUT2D eigenvalue weighted by Crippen LogP contribution is 2.50. The van der Waals surface area contributed by atoms with Crippen molar-refractivity contribution in [1.82, 2.24) is 4.90 Å². The maximum atomic E-state index is 13.9. The molecule has 0 unspecified atom stereocenters. The molecule has 0 aromatic rings. The molecule has 2 saturated heterocycles. The highest BCUT2D eigenvalue weighted by Gasteiger charge is 2.61. The Hall–Kier alpha value is -3.63. The van der Waals surface area contributed by atoms with Crippen molar-refractivity contribution in [3.05, 3.63) is 0 Å². The number of hydrogen-bond acceptors (Lipinski definition) is 15. The normalized spacial score (nSPS) is 37.7. The first-order valence-electron chi connectivity index (χ1n) is 16.5. The largest absolute Gasteiger partial charge is 0.463 e. The summed E-state index contributed by atoms with van der Waals surface area (Å²) in [6.07, 6.45) is -4.81. The van der Waals surface area contributed by atoms with Gasteiger partial charge in [-0.05, 0) is 25.7 Å². The van der Waals surface area contributed by atoms with Gasteiger partial charge >= 0.3 is 23.9 Å². The molecule has 5 aliphatic rings. The minimum absolute atomic E-state index is 0.126. The van der Waals surface area contributed by atoms with Crippen LogP contribution in [0.15, 0.2) is 5.16 Å². The molecule has 2 aliphatic heterocycles. The fraction of sp³-hybridized carbons (Fsp3) is 0.781. The lowest BCUT2D eigenvalue weighted by molar-refractivity contribution is -0.308. The van der Waals surface area contributed by atoms with Crippen LogP contribution in [0.2, 0.25) is 0 Å². The lowest BCUT2D eigenvalue weighted by atomic mass is 9.60. The number of ether oxygens (including phenoxy) is 5. The summed E-state index contributed by atoms with van der Waals surface area (Å²) in [5.74, 6) is -6.45. The fourth-order valence-corrected chi connectivity index (χ4v) is 8.09. The third kappa shape index (κ3) is 7.34. The summed E-state index contributed by atoms with van der Waals surface area (Å²) in [5, 5.41) is 26.5. The van der Waals surface area contributed by atoms with Crippen molar-refractivity contribution >= 4 is 41.4 Å². The van der Waals surface area contributed by atoms with Crippen molar-refractivity contribution in [1.29, 1.82) is 0 Å². The Kier molecular flexibility index (Phi) is 11.0. The topological polar surface area (TPSA) is 214 Å². The van der Waals surface area contributed by atoms with E-state index in [9.17, 15) is 39.0 Å². The zero-order chi connectivity index (χ0) is 34.9. The Balaban J connectivity index is 1.44. The van der Waals surface area contributed by atoms with Crippen LogP contribution < -0.4 is 0 Å². The summed E-state index contributed by atoms with van der Waals surface area (Å²) in [5.41, 5.74) is 0.292. The number of fused-ring (bicyclic) bond motifs is 3. The number of aliphatic hydroxyl groups is 2. The van der Waals surface area contributed by atoms with E-state index in [1.807, 2.05) is 0 Å². The molecule has 0 aromatic carbocycles. The van der Waals surface area contributed by atoms with Gasteiger partial charge in [0.1, 0.15) is 12.7 Å². The molecule has 16 heteroatoms. The number of carbonyl (C=O) groups is 6. The molecule has 48 heavy (non-hydrogen) atoms. The fourth-order valence-electron chi connectivity index (χ4n) is 8.09. The van der Waals surface area contributed by atoms with Crippen LogP contribution in [0.1, 0.15) is 79.1 Å². The van der Waals surface area contributed by atoms with Gasteiger partial charge in [-0.25, -0.2) is 0 Å². The minimum atomic E-state index is -1.59. The zero-order valence-electron chi connectivity index (χ0n) is 27.5. The van der Waals surface area contributed by atoms with Gasteiger partial charge in [0.15, 0.2) is 12.2 Å². The van der Waals surface area contributed by atoms with Crippen molar-refractivity contribution < 1.29 is 67.5 Å². The molecule has 2 heterocycles. The third-order valence-electron chi connectivity index (χ3n) is 9.98. The predicted molar refractivity (Wildman–Crippen MR) is 159 cm³/mol. The molecule has 5 rings (SSSR count). The molecule has 5 fully saturated rings. The van der Waals surface area contributed by atoms with E-state index in [1.54, 1.807) is 0 Å². The summed E-state index contributed by atoms with van der Waals surface area (Å²) in [6.45, 7) is 3.99. The number of esters is 4. The Morgan fingerprint density at radius 2 is 1.40 bits per heavy atom. The van der Waals surface area contributed by atoms with Gasteiger partial charge in [-0.3, -0.25) is 33.7 Å². The molecule has 0 aromatic heterocycles. The molecule has 3 saturated carbocycles. The number of rotatable bonds is 8. The van der Waals surface area contributed by atoms with E-state index >= 15 is 0 Å². The van der Waals surface area contributed by atoms with Crippen LogP contribution in [0.4, 0.5) is 0 Å². The van der Waals surface area contributed by atoms with Crippen LogP contribution in [0.5, 0.6) is 0 Å². The number of likely N-dealkylation sites (tertiary alicyclic amines) is 1.